The van der Waals surface area contributed by atoms with E-state index >= 15 is 0 Å². The molecule has 2 unspecified atom stereocenters. The van der Waals surface area contributed by atoms with Gasteiger partial charge in [0.1, 0.15) is 10.1 Å². The van der Waals surface area contributed by atoms with E-state index in [-0.39, 0.29) is 17.5 Å². The highest BCUT2D eigenvalue weighted by molar-refractivity contribution is 8.05. The summed E-state index contributed by atoms with van der Waals surface area (Å²) < 4.78 is 86.3. The number of imidazole rings is 1. The number of rotatable bonds is 11. The molecule has 0 N–H and O–H groups in total. The minimum Gasteiger partial charge on any atom is -0.326 e. The van der Waals surface area contributed by atoms with Crippen LogP contribution in [0.1, 0.15) is 47.1 Å². The average molecular weight is 864 g/mol. The molecule has 5 aromatic rings. The van der Waals surface area contributed by atoms with Crippen LogP contribution in [-0.2, 0) is 25.4 Å². The summed E-state index contributed by atoms with van der Waals surface area (Å²) in [6.07, 6.45) is -8.60. The monoisotopic (exact) mass is 863 g/mol. The first-order valence-corrected chi connectivity index (χ1v) is 20.8. The minimum atomic E-state index is -4.53. The van der Waals surface area contributed by atoms with Crippen LogP contribution in [0.4, 0.5) is 26.3 Å². The van der Waals surface area contributed by atoms with Crippen LogP contribution in [0.5, 0.6) is 0 Å². The highest BCUT2D eigenvalue weighted by Crippen LogP contribution is 2.45. The van der Waals surface area contributed by atoms with Crippen LogP contribution in [0.3, 0.4) is 0 Å². The molecule has 1 aliphatic rings. The predicted octanol–water partition coefficient (Wildman–Crippen LogP) is 13.0. The third-order valence-electron chi connectivity index (χ3n) is 9.28. The summed E-state index contributed by atoms with van der Waals surface area (Å²) in [7, 11) is 0. The lowest BCUT2D eigenvalue weighted by atomic mass is 9.84. The van der Waals surface area contributed by atoms with Gasteiger partial charge in [-0.1, -0.05) is 104 Å². The van der Waals surface area contributed by atoms with E-state index < -0.39 is 23.5 Å². The second kappa shape index (κ2) is 17.6. The zero-order valence-corrected chi connectivity index (χ0v) is 34.3. The maximum Gasteiger partial charge on any atom is 0.416 e. The van der Waals surface area contributed by atoms with Crippen molar-refractivity contribution in [3.63, 3.8) is 0 Å². The van der Waals surface area contributed by atoms with E-state index in [0.29, 0.717) is 61.4 Å². The lowest BCUT2D eigenvalue weighted by molar-refractivity contribution is -0.138. The van der Waals surface area contributed by atoms with E-state index in [9.17, 15) is 26.3 Å². The molecule has 288 valence electrons. The number of aromatic nitrogens is 2. The summed E-state index contributed by atoms with van der Waals surface area (Å²) in [6, 6.07) is 29.9. The Balaban J connectivity index is 1.31. The van der Waals surface area contributed by atoms with E-state index in [0.717, 1.165) is 34.2 Å². The third kappa shape index (κ3) is 9.73. The molecule has 6 rings (SSSR count). The predicted molar refractivity (Wildman–Crippen MR) is 224 cm³/mol. The van der Waals surface area contributed by atoms with Crippen LogP contribution in [0, 0.1) is 10.7 Å². The van der Waals surface area contributed by atoms with Gasteiger partial charge < -0.3 is 9.47 Å². The molecule has 0 saturated carbocycles. The van der Waals surface area contributed by atoms with Gasteiger partial charge >= 0.3 is 12.4 Å². The van der Waals surface area contributed by atoms with Gasteiger partial charge in [-0.2, -0.15) is 26.3 Å². The van der Waals surface area contributed by atoms with Gasteiger partial charge in [0, 0.05) is 34.6 Å². The fourth-order valence-electron chi connectivity index (χ4n) is 6.45. The van der Waals surface area contributed by atoms with E-state index in [1.165, 1.54) is 30.0 Å². The van der Waals surface area contributed by atoms with Crippen molar-refractivity contribution in [3.05, 3.63) is 152 Å². The first-order chi connectivity index (χ1) is 26.1. The number of halogens is 6. The van der Waals surface area contributed by atoms with Gasteiger partial charge in [0.05, 0.1) is 27.7 Å². The zero-order valence-electron chi connectivity index (χ0n) is 29.2. The van der Waals surface area contributed by atoms with Crippen molar-refractivity contribution in [1.82, 2.24) is 14.0 Å². The van der Waals surface area contributed by atoms with Crippen molar-refractivity contribution in [2.75, 3.05) is 11.5 Å². The van der Waals surface area contributed by atoms with Gasteiger partial charge in [0.25, 0.3) is 0 Å². The molecule has 0 fully saturated rings. The number of thioether (sulfide) groups is 2. The molecule has 0 aliphatic carbocycles. The molecule has 1 aliphatic heterocycles. The summed E-state index contributed by atoms with van der Waals surface area (Å²) in [5, 5.41) is 1.76. The molecule has 0 spiro atoms. The lowest BCUT2D eigenvalue weighted by Gasteiger charge is -2.29. The molecule has 0 saturated heterocycles. The van der Waals surface area contributed by atoms with Gasteiger partial charge in [-0.15, -0.1) is 48.8 Å². The highest BCUT2D eigenvalue weighted by Gasteiger charge is 2.36. The maximum absolute atomic E-state index is 13.8. The van der Waals surface area contributed by atoms with Crippen LogP contribution in [-0.4, -0.2) is 30.5 Å². The Morgan fingerprint density at radius 1 is 0.709 bits per heavy atom. The molecule has 0 amide bonds. The Bertz CT molecular complexity index is 2230. The van der Waals surface area contributed by atoms with E-state index in [1.54, 1.807) is 28.5 Å². The quantitative estimate of drug-likeness (QED) is 0.0450. The number of allylic oxidation sites excluding steroid dienone is 1. The standard InChI is InChI=1S/C40H35F6N3S6/c1-25-32(28-14-8-15-29(20-28)39(41,42)43)22-33(35(51)47(34(25)50)23-26-10-4-2-5-11-26)54-18-19-55-37-36(52)49(31-17-9-16-30(21-31)40(44,45)46)38(53)48(37)24-27-12-6-3-7-13-27/h2-17,20-21,25,32,51-52H,18-19,22-24H2,1H3. The Kier molecular flexibility index (Phi) is 13.3. The Labute approximate surface area is 346 Å². The SMILES string of the molecule is CC1C(=S)N(Cc2ccccc2)C(S)=C(SCCSc2c(S)n(-c3cccc(C(F)(F)F)c3)c(=S)n2Cc2ccccc2)CC1c1cccc(C(F)(F)F)c1. The number of thiol groups is 2. The molecule has 55 heavy (non-hydrogen) atoms. The fourth-order valence-corrected chi connectivity index (χ4v) is 10.5. The van der Waals surface area contributed by atoms with Crippen LogP contribution in [0.2, 0.25) is 0 Å². The number of benzene rings is 4. The molecule has 0 radical (unpaired) electrons. The Morgan fingerprint density at radius 2 is 1.27 bits per heavy atom. The summed E-state index contributed by atoms with van der Waals surface area (Å²) in [5.41, 5.74) is 1.26. The normalized spacial score (nSPS) is 16.8. The second-order valence-corrected chi connectivity index (χ2v) is 16.8. The van der Waals surface area contributed by atoms with Gasteiger partial charge in [-0.25, -0.2) is 0 Å². The number of hydrogen-bond donors (Lipinski definition) is 2. The van der Waals surface area contributed by atoms with Crippen molar-refractivity contribution in [2.45, 2.75) is 54.8 Å². The number of alkyl halides is 6. The van der Waals surface area contributed by atoms with Gasteiger partial charge in [0.2, 0.25) is 0 Å². The molecule has 4 aromatic carbocycles. The molecule has 1 aromatic heterocycles. The Morgan fingerprint density at radius 3 is 1.89 bits per heavy atom. The van der Waals surface area contributed by atoms with Crippen molar-refractivity contribution in [1.29, 1.82) is 0 Å². The van der Waals surface area contributed by atoms with Crippen LogP contribution in [0.25, 0.3) is 5.69 Å². The van der Waals surface area contributed by atoms with Crippen molar-refractivity contribution >= 4 is 78.2 Å². The van der Waals surface area contributed by atoms with Crippen LogP contribution < -0.4 is 0 Å². The highest BCUT2D eigenvalue weighted by atomic mass is 32.2. The van der Waals surface area contributed by atoms with E-state index in [2.05, 4.69) is 0 Å². The molecular formula is C40H35F6N3S6. The largest absolute Gasteiger partial charge is 0.416 e. The smallest absolute Gasteiger partial charge is 0.326 e. The summed E-state index contributed by atoms with van der Waals surface area (Å²) in [5.74, 6) is 0.502. The fraction of sp³-hybridized carbons (Fsp3) is 0.250. The molecular weight excluding hydrogens is 829 g/mol. The first-order valence-electron chi connectivity index (χ1n) is 17.1. The van der Waals surface area contributed by atoms with Crippen LogP contribution in [0.15, 0.2) is 129 Å². The first kappa shape index (κ1) is 41.6. The average Bonchev–Trinajstić information content (AvgIpc) is 3.35. The topological polar surface area (TPSA) is 13.1 Å². The molecule has 15 heteroatoms. The Hall–Kier alpha value is -3.08. The third-order valence-corrected chi connectivity index (χ3v) is 14.0. The second-order valence-electron chi connectivity index (χ2n) is 12.9. The number of hydrogen-bond acceptors (Lipinski definition) is 6. The lowest BCUT2D eigenvalue weighted by Crippen LogP contribution is -2.32. The van der Waals surface area contributed by atoms with E-state index in [4.69, 9.17) is 49.7 Å². The van der Waals surface area contributed by atoms with Gasteiger partial charge in [-0.05, 0) is 65.5 Å². The molecule has 3 nitrogen and oxygen atoms in total. The van der Waals surface area contributed by atoms with Crippen molar-refractivity contribution in [3.8, 4) is 5.69 Å². The maximum atomic E-state index is 13.8. The van der Waals surface area contributed by atoms with Crippen LogP contribution >= 0.6 is 73.2 Å². The molecule has 2 atom stereocenters. The molecule has 0 bridgehead atoms. The molecule has 2 heterocycles. The summed E-state index contributed by atoms with van der Waals surface area (Å²) >= 11 is 24.8. The summed E-state index contributed by atoms with van der Waals surface area (Å²) in [4.78, 5) is 3.46. The van der Waals surface area contributed by atoms with Gasteiger partial charge in [0.15, 0.2) is 4.77 Å². The summed E-state index contributed by atoms with van der Waals surface area (Å²) in [6.45, 7) is 2.78. The van der Waals surface area contributed by atoms with Gasteiger partial charge in [-0.3, -0.25) is 4.57 Å². The van der Waals surface area contributed by atoms with Crippen molar-refractivity contribution in [2.24, 2.45) is 5.92 Å². The van der Waals surface area contributed by atoms with Crippen molar-refractivity contribution < 1.29 is 26.3 Å². The minimum absolute atomic E-state index is 0.250. The zero-order chi connectivity index (χ0) is 39.5. The number of thiocarbonyl (C=S) groups is 1. The van der Waals surface area contributed by atoms with E-state index in [1.807, 2.05) is 77.1 Å². The number of nitrogens with zero attached hydrogens (tertiary/aromatic N) is 3.